The molecule has 0 radical (unpaired) electrons. The largest absolute Gasteiger partial charge is 0.347 e. The van der Waals surface area contributed by atoms with E-state index in [4.69, 9.17) is 0 Å². The number of carbonyl (C=O) groups is 1. The van der Waals surface area contributed by atoms with Crippen LogP contribution in [0.2, 0.25) is 0 Å². The molecule has 1 atom stereocenters. The molecule has 0 saturated carbocycles. The Morgan fingerprint density at radius 3 is 2.33 bits per heavy atom. The van der Waals surface area contributed by atoms with Gasteiger partial charge in [-0.25, -0.2) is 9.37 Å². The number of anilines is 1. The molecule has 0 aliphatic carbocycles. The molecule has 5 nitrogen and oxygen atoms in total. The van der Waals surface area contributed by atoms with Gasteiger partial charge in [-0.3, -0.25) is 4.79 Å². The van der Waals surface area contributed by atoms with E-state index in [2.05, 4.69) is 26.8 Å². The van der Waals surface area contributed by atoms with E-state index >= 15 is 0 Å². The van der Waals surface area contributed by atoms with Crippen LogP contribution in [-0.2, 0) is 17.6 Å². The minimum atomic E-state index is -0.266. The molecule has 4 aromatic rings. The third kappa shape index (κ3) is 6.46. The first kappa shape index (κ1) is 22.6. The summed E-state index contributed by atoms with van der Waals surface area (Å²) in [6.45, 7) is 0.170. The number of amides is 1. The lowest BCUT2D eigenvalue weighted by molar-refractivity contribution is -0.120. The summed E-state index contributed by atoms with van der Waals surface area (Å²) in [5.41, 5.74) is 3.16. The van der Waals surface area contributed by atoms with Gasteiger partial charge < -0.3 is 10.2 Å². The third-order valence-electron chi connectivity index (χ3n) is 5.26. The molecule has 3 aromatic carbocycles. The summed E-state index contributed by atoms with van der Waals surface area (Å²) in [6, 6.07) is 26.3. The zero-order valence-corrected chi connectivity index (χ0v) is 19.1. The molecule has 0 saturated heterocycles. The average Bonchev–Trinajstić information content (AvgIpc) is 3.30. The summed E-state index contributed by atoms with van der Waals surface area (Å²) >= 11 is 1.25. The van der Waals surface area contributed by atoms with Gasteiger partial charge in [0.15, 0.2) is 0 Å². The molecule has 0 spiro atoms. The van der Waals surface area contributed by atoms with E-state index in [0.717, 1.165) is 16.7 Å². The number of halogens is 1. The summed E-state index contributed by atoms with van der Waals surface area (Å²) in [7, 11) is 1.83. The van der Waals surface area contributed by atoms with Gasteiger partial charge in [0, 0.05) is 25.0 Å². The molecule has 0 bridgehead atoms. The Morgan fingerprint density at radius 1 is 0.970 bits per heavy atom. The summed E-state index contributed by atoms with van der Waals surface area (Å²) in [6.07, 6.45) is 1.23. The van der Waals surface area contributed by atoms with Gasteiger partial charge in [0.25, 0.3) is 0 Å². The van der Waals surface area contributed by atoms with Crippen LogP contribution in [0.4, 0.5) is 9.52 Å². The van der Waals surface area contributed by atoms with Crippen LogP contribution in [0.5, 0.6) is 0 Å². The smallest absolute Gasteiger partial charge is 0.240 e. The fourth-order valence-corrected chi connectivity index (χ4v) is 4.21. The Bertz CT molecular complexity index is 1170. The van der Waals surface area contributed by atoms with Gasteiger partial charge in [-0.15, -0.1) is 0 Å². The van der Waals surface area contributed by atoms with Crippen LogP contribution in [0.15, 0.2) is 84.9 Å². The first-order chi connectivity index (χ1) is 16.1. The van der Waals surface area contributed by atoms with Gasteiger partial charge in [0.1, 0.15) is 11.6 Å². The molecular weight excluding hydrogens is 435 g/mol. The van der Waals surface area contributed by atoms with Gasteiger partial charge in [0.05, 0.1) is 12.6 Å². The second-order valence-corrected chi connectivity index (χ2v) is 8.60. The Hall–Kier alpha value is -3.58. The van der Waals surface area contributed by atoms with Gasteiger partial charge in [-0.05, 0) is 35.2 Å². The average molecular weight is 461 g/mol. The summed E-state index contributed by atoms with van der Waals surface area (Å²) in [5.74, 6) is 0.301. The van der Waals surface area contributed by atoms with Crippen molar-refractivity contribution in [2.75, 3.05) is 18.5 Å². The molecule has 1 amide bonds. The highest BCUT2D eigenvalue weighted by Gasteiger charge is 2.18. The Labute approximate surface area is 197 Å². The molecule has 0 fully saturated rings. The molecule has 4 rings (SSSR count). The number of hydrogen-bond acceptors (Lipinski definition) is 5. The van der Waals surface area contributed by atoms with Gasteiger partial charge >= 0.3 is 0 Å². The van der Waals surface area contributed by atoms with Crippen LogP contribution >= 0.6 is 11.5 Å². The monoisotopic (exact) mass is 460 g/mol. The fraction of sp³-hybridized carbons (Fsp3) is 0.192. The van der Waals surface area contributed by atoms with Crippen molar-refractivity contribution >= 4 is 22.6 Å². The zero-order valence-electron chi connectivity index (χ0n) is 18.3. The van der Waals surface area contributed by atoms with Gasteiger partial charge in [-0.1, -0.05) is 72.8 Å². The number of carbonyl (C=O) groups excluding carboxylic acids is 1. The van der Waals surface area contributed by atoms with Crippen LogP contribution in [0.1, 0.15) is 28.6 Å². The second kappa shape index (κ2) is 10.8. The van der Waals surface area contributed by atoms with Crippen molar-refractivity contribution in [1.82, 2.24) is 14.7 Å². The van der Waals surface area contributed by atoms with E-state index in [-0.39, 0.29) is 24.3 Å². The van der Waals surface area contributed by atoms with Crippen molar-refractivity contribution in [3.8, 4) is 0 Å². The Balaban J connectivity index is 1.39. The van der Waals surface area contributed by atoms with Crippen LogP contribution in [-0.4, -0.2) is 28.9 Å². The van der Waals surface area contributed by atoms with Crippen LogP contribution in [0, 0.1) is 5.82 Å². The summed E-state index contributed by atoms with van der Waals surface area (Å²) in [5, 5.41) is 3.84. The van der Waals surface area contributed by atoms with Crippen molar-refractivity contribution in [3.63, 3.8) is 0 Å². The van der Waals surface area contributed by atoms with Crippen LogP contribution in [0.3, 0.4) is 0 Å². The van der Waals surface area contributed by atoms with Crippen molar-refractivity contribution < 1.29 is 9.18 Å². The topological polar surface area (TPSA) is 58.1 Å². The minimum Gasteiger partial charge on any atom is -0.347 e. The molecule has 168 valence electrons. The molecule has 1 heterocycles. The summed E-state index contributed by atoms with van der Waals surface area (Å²) in [4.78, 5) is 19.2. The predicted octanol–water partition coefficient (Wildman–Crippen LogP) is 4.80. The summed E-state index contributed by atoms with van der Waals surface area (Å²) < 4.78 is 17.5. The standard InChI is InChI=1S/C26H25FN4OS/c1-31(26-29-24(30-33-26)17-20-12-14-22(27)15-13-20)18-25(32)28-23(21-10-6-3-7-11-21)16-19-8-4-2-5-9-19/h2-15,23H,16-18H2,1H3,(H,28,32). The SMILES string of the molecule is CN(CC(=O)NC(Cc1ccccc1)c1ccccc1)c1nc(Cc2ccc(F)cc2)ns1. The Morgan fingerprint density at radius 2 is 1.64 bits per heavy atom. The number of nitrogens with zero attached hydrogens (tertiary/aromatic N) is 3. The first-order valence-corrected chi connectivity index (χ1v) is 11.5. The first-order valence-electron chi connectivity index (χ1n) is 10.7. The molecule has 1 aromatic heterocycles. The highest BCUT2D eigenvalue weighted by Crippen LogP contribution is 2.20. The van der Waals surface area contributed by atoms with Crippen molar-refractivity contribution in [2.24, 2.45) is 0 Å². The second-order valence-electron chi connectivity index (χ2n) is 7.87. The molecule has 7 heteroatoms. The predicted molar refractivity (Wildman–Crippen MR) is 130 cm³/mol. The number of rotatable bonds is 9. The van der Waals surface area contributed by atoms with E-state index in [0.29, 0.717) is 23.8 Å². The normalized spacial score (nSPS) is 11.7. The maximum atomic E-state index is 13.1. The van der Waals surface area contributed by atoms with E-state index in [1.54, 1.807) is 17.0 Å². The highest BCUT2D eigenvalue weighted by molar-refractivity contribution is 7.09. The quantitative estimate of drug-likeness (QED) is 0.390. The highest BCUT2D eigenvalue weighted by atomic mass is 32.1. The van der Waals surface area contributed by atoms with Gasteiger partial charge in [-0.2, -0.15) is 4.37 Å². The minimum absolute atomic E-state index is 0.0856. The van der Waals surface area contributed by atoms with E-state index in [1.165, 1.54) is 23.7 Å². The maximum absolute atomic E-state index is 13.1. The fourth-order valence-electron chi connectivity index (χ4n) is 3.57. The van der Waals surface area contributed by atoms with Crippen LogP contribution in [0.25, 0.3) is 0 Å². The molecule has 0 aliphatic rings. The van der Waals surface area contributed by atoms with Gasteiger partial charge in [0.2, 0.25) is 11.0 Å². The number of aromatic nitrogens is 2. The number of likely N-dealkylation sites (N-methyl/N-ethyl adjacent to an activating group) is 1. The molecule has 1 N–H and O–H groups in total. The lowest BCUT2D eigenvalue weighted by Gasteiger charge is -2.22. The van der Waals surface area contributed by atoms with E-state index < -0.39 is 0 Å². The maximum Gasteiger partial charge on any atom is 0.240 e. The lowest BCUT2D eigenvalue weighted by Crippen LogP contribution is -2.38. The lowest BCUT2D eigenvalue weighted by atomic mass is 9.99. The van der Waals surface area contributed by atoms with E-state index in [9.17, 15) is 9.18 Å². The van der Waals surface area contributed by atoms with Crippen molar-refractivity contribution in [2.45, 2.75) is 18.9 Å². The number of benzene rings is 3. The van der Waals surface area contributed by atoms with Crippen LogP contribution < -0.4 is 10.2 Å². The molecule has 33 heavy (non-hydrogen) atoms. The number of nitrogens with one attached hydrogen (secondary N) is 1. The molecule has 1 unspecified atom stereocenters. The molecule has 0 aliphatic heterocycles. The molecular formula is C26H25FN4OS. The van der Waals surface area contributed by atoms with Crippen molar-refractivity contribution in [1.29, 1.82) is 0 Å². The Kier molecular flexibility index (Phi) is 7.42. The zero-order chi connectivity index (χ0) is 23.0. The van der Waals surface area contributed by atoms with Crippen molar-refractivity contribution in [3.05, 3.63) is 113 Å². The number of hydrogen-bond donors (Lipinski definition) is 1. The van der Waals surface area contributed by atoms with E-state index in [1.807, 2.05) is 55.6 Å². The third-order valence-corrected chi connectivity index (χ3v) is 6.13.